The Morgan fingerprint density at radius 2 is 1.39 bits per heavy atom. The van der Waals surface area contributed by atoms with Crippen LogP contribution >= 0.6 is 11.6 Å². The molecule has 0 radical (unpaired) electrons. The number of amides is 1. The van der Waals surface area contributed by atoms with Crippen molar-refractivity contribution in [1.82, 2.24) is 0 Å². The number of carbonyl (C=O) groups is 4. The van der Waals surface area contributed by atoms with Crippen LogP contribution in [0.5, 0.6) is 11.5 Å². The van der Waals surface area contributed by atoms with E-state index in [2.05, 4.69) is 5.32 Å². The van der Waals surface area contributed by atoms with Gasteiger partial charge in [0.25, 0.3) is 0 Å². The number of ketones is 1. The number of rotatable bonds is 9. The van der Waals surface area contributed by atoms with Gasteiger partial charge in [-0.1, -0.05) is 0 Å². The van der Waals surface area contributed by atoms with Crippen molar-refractivity contribution in [3.63, 3.8) is 0 Å². The first-order chi connectivity index (χ1) is 13.1. The summed E-state index contributed by atoms with van der Waals surface area (Å²) in [5.74, 6) is -1.27. The van der Waals surface area contributed by atoms with E-state index in [1.165, 1.54) is 35.0 Å². The molecule has 0 bridgehead atoms. The Bertz CT molecular complexity index is 800. The van der Waals surface area contributed by atoms with E-state index in [-0.39, 0.29) is 34.4 Å². The molecular weight excluding hydrogens is 771 g/mol. The Labute approximate surface area is 192 Å². The van der Waals surface area contributed by atoms with Gasteiger partial charge in [0.2, 0.25) is 0 Å². The summed E-state index contributed by atoms with van der Waals surface area (Å²) in [5.41, 5.74) is 0.250. The minimum atomic E-state index is -2.59. The Kier molecular flexibility index (Phi) is 10.7. The van der Waals surface area contributed by atoms with Gasteiger partial charge in [-0.05, 0) is 0 Å². The Balaban J connectivity index is 3.62. The average Bonchev–Trinajstić information content (AvgIpc) is 2.58. The van der Waals surface area contributed by atoms with Gasteiger partial charge in [0.1, 0.15) is 0 Å². The molecular formula is C16H18ClHg2NO8. The molecule has 1 amide bonds. The number of ether oxygens (including phenoxy) is 2. The van der Waals surface area contributed by atoms with Crippen LogP contribution in [-0.2, 0) is 74.5 Å². The fourth-order valence-electron chi connectivity index (χ4n) is 2.36. The number of anilines is 1. The summed E-state index contributed by atoms with van der Waals surface area (Å²) in [6, 6.07) is 0. The van der Waals surface area contributed by atoms with Crippen molar-refractivity contribution in [1.29, 1.82) is 0 Å². The number of carbonyl (C=O) groups excluding carboxylic acids is 4. The van der Waals surface area contributed by atoms with Crippen LogP contribution in [0.1, 0.15) is 27.2 Å². The van der Waals surface area contributed by atoms with E-state index in [1.807, 2.05) is 0 Å². The zero-order valence-electron chi connectivity index (χ0n) is 16.3. The third-order valence-corrected chi connectivity index (χ3v) is 16.5. The number of Topliss-reactive ketones (excluding diaryl/α,β-unsaturated/α-hetero) is 1. The van der Waals surface area contributed by atoms with E-state index < -0.39 is 67.9 Å². The van der Waals surface area contributed by atoms with Crippen LogP contribution in [0.4, 0.5) is 5.69 Å². The number of hydrogen-bond acceptors (Lipinski definition) is 8. The molecule has 0 fully saturated rings. The summed E-state index contributed by atoms with van der Waals surface area (Å²) in [6.07, 6.45) is -0.332. The van der Waals surface area contributed by atoms with Crippen molar-refractivity contribution < 1.29 is 84.0 Å². The third-order valence-electron chi connectivity index (χ3n) is 3.46. The molecule has 0 saturated carbocycles. The number of hydrogen-bond donors (Lipinski definition) is 1. The van der Waals surface area contributed by atoms with Crippen molar-refractivity contribution in [2.45, 2.75) is 27.2 Å². The SMILES string of the molecule is COc1c(NC(=O)CC(C)=O)[c]([Hg][O]C(C)=O)c(OC)c(Cl)[c]1[Hg][O]C(C)=O. The number of halogens is 1. The van der Waals surface area contributed by atoms with Crippen LogP contribution in [0.3, 0.4) is 0 Å². The van der Waals surface area contributed by atoms with Crippen molar-refractivity contribution in [3.05, 3.63) is 5.02 Å². The Morgan fingerprint density at radius 1 is 0.893 bits per heavy atom. The van der Waals surface area contributed by atoms with Crippen LogP contribution in [0.15, 0.2) is 0 Å². The van der Waals surface area contributed by atoms with Gasteiger partial charge in [0, 0.05) is 0 Å². The first-order valence-electron chi connectivity index (χ1n) is 8.13. The standard InChI is InChI=1S/C12H12ClNO4.2C2H4O2.2Hg/c1-7(15)4-12(16)14-9-6-10(17-2)8(13)5-11(9)18-3;2*1-2(3)4;;/h4H2,1-3H3,(H,14,16);2*1H3,(H,3,4);;/q;;;2*+1/p-2. The molecule has 1 aromatic rings. The number of benzene rings is 1. The number of nitrogens with one attached hydrogen (secondary N) is 1. The second-order valence-corrected chi connectivity index (χ2v) is 16.1. The summed E-state index contributed by atoms with van der Waals surface area (Å²) >= 11 is 1.35. The molecule has 12 heteroatoms. The van der Waals surface area contributed by atoms with Gasteiger partial charge < -0.3 is 0 Å². The van der Waals surface area contributed by atoms with E-state index >= 15 is 0 Å². The van der Waals surface area contributed by atoms with Crippen LogP contribution in [0.25, 0.3) is 0 Å². The van der Waals surface area contributed by atoms with Gasteiger partial charge in [0.05, 0.1) is 0 Å². The van der Waals surface area contributed by atoms with Gasteiger partial charge in [-0.25, -0.2) is 0 Å². The predicted molar refractivity (Wildman–Crippen MR) is 91.3 cm³/mol. The molecule has 146 valence electrons. The van der Waals surface area contributed by atoms with E-state index in [0.717, 1.165) is 0 Å². The van der Waals surface area contributed by atoms with Crippen LogP contribution in [0, 0.1) is 0 Å². The van der Waals surface area contributed by atoms with Gasteiger partial charge in [-0.2, -0.15) is 0 Å². The second-order valence-electron chi connectivity index (χ2n) is 5.70. The maximum absolute atomic E-state index is 12.2. The molecule has 1 rings (SSSR count). The molecule has 9 nitrogen and oxygen atoms in total. The van der Waals surface area contributed by atoms with E-state index in [0.29, 0.717) is 6.14 Å². The fraction of sp³-hybridized carbons (Fsp3) is 0.375. The van der Waals surface area contributed by atoms with Crippen molar-refractivity contribution in [2.24, 2.45) is 0 Å². The van der Waals surface area contributed by atoms with Gasteiger partial charge >= 0.3 is 194 Å². The normalized spacial score (nSPS) is 9.50. The molecule has 0 unspecified atom stereocenters. The Morgan fingerprint density at radius 3 is 1.82 bits per heavy atom. The quantitative estimate of drug-likeness (QED) is 0.287. The summed E-state index contributed by atoms with van der Waals surface area (Å²) in [5, 5.41) is 2.87. The molecule has 0 aliphatic rings. The summed E-state index contributed by atoms with van der Waals surface area (Å²) in [7, 11) is 2.78. The third kappa shape index (κ3) is 7.14. The first kappa shape index (κ1) is 25.1. The van der Waals surface area contributed by atoms with E-state index in [1.54, 1.807) is 0 Å². The zero-order valence-corrected chi connectivity index (χ0v) is 28.0. The van der Waals surface area contributed by atoms with E-state index in [9.17, 15) is 19.2 Å². The molecule has 0 aliphatic carbocycles. The summed E-state index contributed by atoms with van der Waals surface area (Å²) < 4.78 is 22.4. The van der Waals surface area contributed by atoms with E-state index in [4.69, 9.17) is 26.4 Å². The van der Waals surface area contributed by atoms with Crippen LogP contribution in [0.2, 0.25) is 5.02 Å². The molecule has 1 aromatic carbocycles. The molecule has 28 heavy (non-hydrogen) atoms. The molecule has 0 aliphatic heterocycles. The monoisotopic (exact) mass is 791 g/mol. The molecule has 0 atom stereocenters. The summed E-state index contributed by atoms with van der Waals surface area (Å²) in [4.78, 5) is 46.1. The fourth-order valence-corrected chi connectivity index (χ4v) is 12.4. The number of methoxy groups -OCH3 is 2. The van der Waals surface area contributed by atoms with Crippen LogP contribution < -0.4 is 20.9 Å². The average molecular weight is 789 g/mol. The molecule has 0 spiro atoms. The zero-order chi connectivity index (χ0) is 21.4. The summed E-state index contributed by atoms with van der Waals surface area (Å²) in [6.45, 7) is 3.87. The maximum atomic E-state index is 12.2. The van der Waals surface area contributed by atoms with Crippen molar-refractivity contribution in [2.75, 3.05) is 19.5 Å². The molecule has 0 heterocycles. The molecule has 1 N–H and O–H groups in total. The van der Waals surface area contributed by atoms with Gasteiger partial charge in [-0.3, -0.25) is 0 Å². The molecule has 0 aromatic heterocycles. The van der Waals surface area contributed by atoms with Gasteiger partial charge in [0.15, 0.2) is 0 Å². The predicted octanol–water partition coefficient (Wildman–Crippen LogP) is 0.647. The minimum absolute atomic E-state index is 0.217. The van der Waals surface area contributed by atoms with Crippen molar-refractivity contribution >= 4 is 47.1 Å². The van der Waals surface area contributed by atoms with Crippen LogP contribution in [-0.4, -0.2) is 37.8 Å². The first-order valence-corrected chi connectivity index (χ1v) is 18.5. The van der Waals surface area contributed by atoms with Crippen molar-refractivity contribution in [3.8, 4) is 11.5 Å². The topological polar surface area (TPSA) is 117 Å². The molecule has 0 saturated heterocycles. The second kappa shape index (κ2) is 11.9. The Hall–Kier alpha value is -0.940. The van der Waals surface area contributed by atoms with Gasteiger partial charge in [-0.15, -0.1) is 0 Å².